The highest BCUT2D eigenvalue weighted by Crippen LogP contribution is 2.42. The van der Waals surface area contributed by atoms with E-state index in [0.717, 1.165) is 0 Å². The number of ether oxygens (including phenoxy) is 1. The van der Waals surface area contributed by atoms with Gasteiger partial charge in [-0.2, -0.15) is 0 Å². The molecular formula is C12H7Cl4NO. The Hall–Kier alpha value is -0.670. The molecule has 0 aliphatic carbocycles. The lowest BCUT2D eigenvalue weighted by Crippen LogP contribution is -1.91. The summed E-state index contributed by atoms with van der Waals surface area (Å²) in [6.45, 7) is 0. The Balaban J connectivity index is 2.73. The maximum Gasteiger partial charge on any atom is 0.148 e. The summed E-state index contributed by atoms with van der Waals surface area (Å²) in [7, 11) is 1.52. The van der Waals surface area contributed by atoms with Gasteiger partial charge in [0.05, 0.1) is 17.2 Å². The van der Waals surface area contributed by atoms with Gasteiger partial charge < -0.3 is 4.74 Å². The van der Waals surface area contributed by atoms with Crippen LogP contribution in [-0.4, -0.2) is 12.1 Å². The predicted molar refractivity (Wildman–Crippen MR) is 76.3 cm³/mol. The Bertz CT molecular complexity index is 601. The second-order valence-corrected chi connectivity index (χ2v) is 5.08. The van der Waals surface area contributed by atoms with E-state index in [9.17, 15) is 0 Å². The average molecular weight is 323 g/mol. The number of rotatable bonds is 2. The second kappa shape index (κ2) is 5.54. The van der Waals surface area contributed by atoms with E-state index >= 15 is 0 Å². The van der Waals surface area contributed by atoms with E-state index < -0.39 is 0 Å². The molecule has 0 N–H and O–H groups in total. The highest BCUT2D eigenvalue weighted by molar-refractivity contribution is 6.45. The SMILES string of the molecule is COc1c(Cl)cncc1-c1cc(Cl)cc(Cl)c1Cl. The van der Waals surface area contributed by atoms with Gasteiger partial charge in [-0.15, -0.1) is 0 Å². The fraction of sp³-hybridized carbons (Fsp3) is 0.0833. The Labute approximate surface area is 124 Å². The summed E-state index contributed by atoms with van der Waals surface area (Å²) in [5.41, 5.74) is 1.26. The lowest BCUT2D eigenvalue weighted by molar-refractivity contribution is 0.416. The van der Waals surface area contributed by atoms with Gasteiger partial charge in [-0.05, 0) is 12.1 Å². The first-order valence-electron chi connectivity index (χ1n) is 4.87. The van der Waals surface area contributed by atoms with Gasteiger partial charge in [0.15, 0.2) is 0 Å². The molecule has 2 nitrogen and oxygen atoms in total. The van der Waals surface area contributed by atoms with Crippen molar-refractivity contribution in [3.05, 3.63) is 44.6 Å². The first kappa shape index (κ1) is 13.8. The molecule has 1 aromatic heterocycles. The van der Waals surface area contributed by atoms with Crippen LogP contribution in [0, 0.1) is 0 Å². The maximum atomic E-state index is 6.16. The normalized spacial score (nSPS) is 10.5. The van der Waals surface area contributed by atoms with Crippen molar-refractivity contribution in [2.24, 2.45) is 0 Å². The highest BCUT2D eigenvalue weighted by atomic mass is 35.5. The third-order valence-electron chi connectivity index (χ3n) is 2.34. The molecule has 1 aromatic carbocycles. The van der Waals surface area contributed by atoms with Gasteiger partial charge in [-0.3, -0.25) is 4.98 Å². The first-order chi connectivity index (χ1) is 8.54. The summed E-state index contributed by atoms with van der Waals surface area (Å²) in [6, 6.07) is 3.25. The summed E-state index contributed by atoms with van der Waals surface area (Å²) < 4.78 is 5.25. The molecule has 0 aliphatic rings. The molecule has 0 unspecified atom stereocenters. The minimum atomic E-state index is 0.362. The quantitative estimate of drug-likeness (QED) is 0.693. The Morgan fingerprint density at radius 3 is 2.33 bits per heavy atom. The van der Waals surface area contributed by atoms with Crippen LogP contribution in [0.5, 0.6) is 5.75 Å². The molecule has 0 aliphatic heterocycles. The molecular weight excluding hydrogens is 316 g/mol. The van der Waals surface area contributed by atoms with Crippen molar-refractivity contribution in [2.45, 2.75) is 0 Å². The summed E-state index contributed by atoms with van der Waals surface area (Å²) in [5, 5.41) is 1.60. The molecule has 94 valence electrons. The van der Waals surface area contributed by atoms with Crippen LogP contribution in [0.3, 0.4) is 0 Å². The van der Waals surface area contributed by atoms with Crippen LogP contribution in [0.2, 0.25) is 20.1 Å². The third-order valence-corrected chi connectivity index (χ3v) is 3.63. The van der Waals surface area contributed by atoms with Gasteiger partial charge in [-0.1, -0.05) is 46.4 Å². The van der Waals surface area contributed by atoms with Gasteiger partial charge in [0.2, 0.25) is 0 Å². The lowest BCUT2D eigenvalue weighted by Gasteiger charge is -2.12. The molecule has 6 heteroatoms. The minimum Gasteiger partial charge on any atom is -0.494 e. The summed E-state index contributed by atoms with van der Waals surface area (Å²) in [5.74, 6) is 0.479. The van der Waals surface area contributed by atoms with Crippen LogP contribution in [0.1, 0.15) is 0 Å². The molecule has 0 saturated carbocycles. The number of halogens is 4. The topological polar surface area (TPSA) is 22.1 Å². The van der Waals surface area contributed by atoms with Gasteiger partial charge in [0.25, 0.3) is 0 Å². The standard InChI is InChI=1S/C12H7Cl4NO/c1-18-12-8(4-17-5-10(12)15)7-2-6(13)3-9(14)11(7)16/h2-5H,1H3. The Morgan fingerprint density at radius 2 is 1.67 bits per heavy atom. The van der Waals surface area contributed by atoms with Crippen molar-refractivity contribution < 1.29 is 4.74 Å². The van der Waals surface area contributed by atoms with Gasteiger partial charge in [0.1, 0.15) is 10.8 Å². The van der Waals surface area contributed by atoms with Crippen molar-refractivity contribution in [3.63, 3.8) is 0 Å². The fourth-order valence-electron chi connectivity index (χ4n) is 1.57. The van der Waals surface area contributed by atoms with E-state index in [4.69, 9.17) is 51.1 Å². The zero-order valence-electron chi connectivity index (χ0n) is 9.18. The third kappa shape index (κ3) is 2.52. The maximum absolute atomic E-state index is 6.16. The Morgan fingerprint density at radius 1 is 0.944 bits per heavy atom. The number of nitrogens with zero attached hydrogens (tertiary/aromatic N) is 1. The summed E-state index contributed by atoms with van der Waals surface area (Å²) in [4.78, 5) is 4.01. The number of methoxy groups -OCH3 is 1. The van der Waals surface area contributed by atoms with Gasteiger partial charge in [-0.25, -0.2) is 0 Å². The lowest BCUT2D eigenvalue weighted by atomic mass is 10.1. The number of pyridine rings is 1. The van der Waals surface area contributed by atoms with E-state index in [0.29, 0.717) is 37.0 Å². The average Bonchev–Trinajstić information content (AvgIpc) is 2.33. The van der Waals surface area contributed by atoms with Crippen molar-refractivity contribution in [1.29, 1.82) is 0 Å². The van der Waals surface area contributed by atoms with Crippen LogP contribution >= 0.6 is 46.4 Å². The van der Waals surface area contributed by atoms with E-state index in [-0.39, 0.29) is 0 Å². The fourth-order valence-corrected chi connectivity index (χ4v) is 2.51. The van der Waals surface area contributed by atoms with Crippen molar-refractivity contribution in [1.82, 2.24) is 4.98 Å². The molecule has 2 aromatic rings. The van der Waals surface area contributed by atoms with Crippen LogP contribution < -0.4 is 4.74 Å². The molecule has 0 saturated heterocycles. The number of aromatic nitrogens is 1. The van der Waals surface area contributed by atoms with Crippen molar-refractivity contribution >= 4 is 46.4 Å². The largest absolute Gasteiger partial charge is 0.494 e. The second-order valence-electron chi connectivity index (χ2n) is 3.45. The minimum absolute atomic E-state index is 0.362. The summed E-state index contributed by atoms with van der Waals surface area (Å²) >= 11 is 24.1. The zero-order chi connectivity index (χ0) is 13.3. The smallest absolute Gasteiger partial charge is 0.148 e. The number of hydrogen-bond donors (Lipinski definition) is 0. The van der Waals surface area contributed by atoms with Crippen molar-refractivity contribution in [2.75, 3.05) is 7.11 Å². The van der Waals surface area contributed by atoms with E-state index in [1.54, 1.807) is 18.3 Å². The molecule has 1 heterocycles. The molecule has 18 heavy (non-hydrogen) atoms. The van der Waals surface area contributed by atoms with Crippen LogP contribution in [-0.2, 0) is 0 Å². The number of hydrogen-bond acceptors (Lipinski definition) is 2. The molecule has 0 fully saturated rings. The van der Waals surface area contributed by atoms with Gasteiger partial charge >= 0.3 is 0 Å². The predicted octanol–water partition coefficient (Wildman–Crippen LogP) is 5.37. The molecule has 0 amide bonds. The van der Waals surface area contributed by atoms with Crippen LogP contribution in [0.4, 0.5) is 0 Å². The van der Waals surface area contributed by atoms with Crippen molar-refractivity contribution in [3.8, 4) is 16.9 Å². The molecule has 0 bridgehead atoms. The monoisotopic (exact) mass is 321 g/mol. The molecule has 0 spiro atoms. The van der Waals surface area contributed by atoms with E-state index in [2.05, 4.69) is 4.98 Å². The number of benzene rings is 1. The molecule has 0 radical (unpaired) electrons. The molecule has 0 atom stereocenters. The first-order valence-corrected chi connectivity index (χ1v) is 6.38. The van der Waals surface area contributed by atoms with Crippen LogP contribution in [0.15, 0.2) is 24.5 Å². The zero-order valence-corrected chi connectivity index (χ0v) is 12.2. The van der Waals surface area contributed by atoms with E-state index in [1.165, 1.54) is 13.3 Å². The van der Waals surface area contributed by atoms with Crippen LogP contribution in [0.25, 0.3) is 11.1 Å². The molecule has 2 rings (SSSR count). The van der Waals surface area contributed by atoms with Gasteiger partial charge in [0, 0.05) is 28.5 Å². The van der Waals surface area contributed by atoms with E-state index in [1.807, 2.05) is 0 Å². The summed E-state index contributed by atoms with van der Waals surface area (Å²) in [6.07, 6.45) is 3.09. The Kier molecular flexibility index (Phi) is 4.23. The highest BCUT2D eigenvalue weighted by Gasteiger charge is 2.15.